The van der Waals surface area contributed by atoms with Crippen molar-refractivity contribution in [2.24, 2.45) is 0 Å². The molecule has 0 spiro atoms. The third-order valence-corrected chi connectivity index (χ3v) is 5.85. The van der Waals surface area contributed by atoms with Crippen molar-refractivity contribution in [1.29, 1.82) is 0 Å². The third kappa shape index (κ3) is 3.51. The van der Waals surface area contributed by atoms with Crippen LogP contribution >= 0.6 is 23.4 Å². The quantitative estimate of drug-likeness (QED) is 0.413. The molecular formula is C22H17ClN2O2S. The normalized spacial score (nSPS) is 11.1. The van der Waals surface area contributed by atoms with Gasteiger partial charge in [0.1, 0.15) is 0 Å². The smallest absolute Gasteiger partial charge is 0.336 e. The van der Waals surface area contributed by atoms with Crippen molar-refractivity contribution < 1.29 is 9.90 Å². The lowest BCUT2D eigenvalue weighted by Crippen LogP contribution is -2.05. The zero-order valence-corrected chi connectivity index (χ0v) is 16.7. The lowest BCUT2D eigenvalue weighted by Gasteiger charge is -2.13. The van der Waals surface area contributed by atoms with E-state index in [4.69, 9.17) is 16.6 Å². The van der Waals surface area contributed by atoms with Crippen molar-refractivity contribution >= 4 is 40.4 Å². The molecule has 0 fully saturated rings. The van der Waals surface area contributed by atoms with Crippen molar-refractivity contribution in [3.8, 4) is 5.69 Å². The summed E-state index contributed by atoms with van der Waals surface area (Å²) in [5.41, 5.74) is 4.81. The molecule has 0 aliphatic carbocycles. The van der Waals surface area contributed by atoms with Crippen molar-refractivity contribution in [1.82, 2.24) is 9.55 Å². The van der Waals surface area contributed by atoms with E-state index in [1.54, 1.807) is 23.9 Å². The molecule has 0 radical (unpaired) electrons. The van der Waals surface area contributed by atoms with Crippen LogP contribution in [0.5, 0.6) is 0 Å². The summed E-state index contributed by atoms with van der Waals surface area (Å²) >= 11 is 7.58. The van der Waals surface area contributed by atoms with Crippen LogP contribution in [0.1, 0.15) is 21.5 Å². The molecule has 1 N–H and O–H groups in total. The Kier molecular flexibility index (Phi) is 5.11. The Bertz CT molecular complexity index is 1170. The Hall–Kier alpha value is -2.76. The fourth-order valence-corrected chi connectivity index (χ4v) is 4.26. The monoisotopic (exact) mass is 408 g/mol. The number of carbonyl (C=O) groups is 1. The van der Waals surface area contributed by atoms with Crippen LogP contribution in [0.25, 0.3) is 16.7 Å². The molecule has 6 heteroatoms. The summed E-state index contributed by atoms with van der Waals surface area (Å²) in [6, 6.07) is 21.0. The Morgan fingerprint density at radius 2 is 1.82 bits per heavy atom. The second-order valence-corrected chi connectivity index (χ2v) is 7.77. The van der Waals surface area contributed by atoms with Gasteiger partial charge in [0, 0.05) is 10.8 Å². The molecule has 0 atom stereocenters. The van der Waals surface area contributed by atoms with E-state index in [1.807, 2.05) is 66.1 Å². The highest BCUT2D eigenvalue weighted by atomic mass is 35.5. The van der Waals surface area contributed by atoms with Crippen LogP contribution in [0, 0.1) is 6.92 Å². The molecule has 1 aromatic heterocycles. The predicted octanol–water partition coefficient (Wildman–Crippen LogP) is 5.98. The molecule has 3 aromatic carbocycles. The summed E-state index contributed by atoms with van der Waals surface area (Å²) < 4.78 is 2.04. The molecule has 1 heterocycles. The number of para-hydroxylation sites is 2. The molecule has 4 aromatic rings. The minimum Gasteiger partial charge on any atom is -0.478 e. The van der Waals surface area contributed by atoms with Crippen LogP contribution in [0.4, 0.5) is 0 Å². The van der Waals surface area contributed by atoms with Crippen LogP contribution in [0.2, 0.25) is 5.02 Å². The number of carboxylic acids is 1. The third-order valence-electron chi connectivity index (χ3n) is 4.59. The summed E-state index contributed by atoms with van der Waals surface area (Å²) in [5, 5.41) is 11.0. The number of hydrogen-bond donors (Lipinski definition) is 1. The van der Waals surface area contributed by atoms with Gasteiger partial charge in [-0.1, -0.05) is 53.7 Å². The van der Waals surface area contributed by atoms with Gasteiger partial charge in [-0.25, -0.2) is 9.78 Å². The summed E-state index contributed by atoms with van der Waals surface area (Å²) in [4.78, 5) is 16.4. The summed E-state index contributed by atoms with van der Waals surface area (Å²) in [6.45, 7) is 1.83. The van der Waals surface area contributed by atoms with Crippen molar-refractivity contribution in [3.05, 3.63) is 88.4 Å². The molecule has 4 nitrogen and oxygen atoms in total. The molecule has 0 saturated carbocycles. The first-order valence-electron chi connectivity index (χ1n) is 8.72. The van der Waals surface area contributed by atoms with Gasteiger partial charge in [-0.3, -0.25) is 4.57 Å². The minimum atomic E-state index is -0.931. The van der Waals surface area contributed by atoms with Gasteiger partial charge in [-0.2, -0.15) is 0 Å². The van der Waals surface area contributed by atoms with Crippen LogP contribution in [0.3, 0.4) is 0 Å². The maximum atomic E-state index is 11.6. The molecule has 0 saturated heterocycles. The Morgan fingerprint density at radius 1 is 1.07 bits per heavy atom. The van der Waals surface area contributed by atoms with E-state index in [0.29, 0.717) is 16.1 Å². The number of benzene rings is 3. The van der Waals surface area contributed by atoms with E-state index in [1.165, 1.54) is 0 Å². The Balaban J connectivity index is 1.81. The average Bonchev–Trinajstić information content (AvgIpc) is 3.06. The van der Waals surface area contributed by atoms with E-state index in [0.717, 1.165) is 33.2 Å². The first-order chi connectivity index (χ1) is 13.5. The van der Waals surface area contributed by atoms with Crippen LogP contribution in [0.15, 0.2) is 71.9 Å². The van der Waals surface area contributed by atoms with E-state index in [9.17, 15) is 9.90 Å². The molecule has 0 amide bonds. The topological polar surface area (TPSA) is 55.1 Å². The number of carboxylic acid groups (broad SMARTS) is 1. The highest BCUT2D eigenvalue weighted by molar-refractivity contribution is 7.98. The maximum absolute atomic E-state index is 11.6. The van der Waals surface area contributed by atoms with Gasteiger partial charge in [0.05, 0.1) is 22.3 Å². The van der Waals surface area contributed by atoms with Crippen LogP contribution in [-0.2, 0) is 5.75 Å². The van der Waals surface area contributed by atoms with Crippen molar-refractivity contribution in [3.63, 3.8) is 0 Å². The molecule has 0 bridgehead atoms. The molecular weight excluding hydrogens is 392 g/mol. The second-order valence-electron chi connectivity index (χ2n) is 6.39. The number of imidazole rings is 1. The Morgan fingerprint density at radius 3 is 2.57 bits per heavy atom. The van der Waals surface area contributed by atoms with Crippen LogP contribution < -0.4 is 0 Å². The first-order valence-corrected chi connectivity index (χ1v) is 10.1. The lowest BCUT2D eigenvalue weighted by molar-refractivity contribution is 0.0696. The summed E-state index contributed by atoms with van der Waals surface area (Å²) in [7, 11) is 0. The SMILES string of the molecule is Cc1c(C(=O)O)cccc1-n1c(SCc2ccc(Cl)cc2)nc2ccccc21. The van der Waals surface area contributed by atoms with Gasteiger partial charge in [0.2, 0.25) is 0 Å². The fraction of sp³-hybridized carbons (Fsp3) is 0.0909. The molecule has 4 rings (SSSR count). The number of hydrogen-bond acceptors (Lipinski definition) is 3. The van der Waals surface area contributed by atoms with Crippen molar-refractivity contribution in [2.75, 3.05) is 0 Å². The van der Waals surface area contributed by atoms with E-state index < -0.39 is 5.97 Å². The van der Waals surface area contributed by atoms with E-state index in [2.05, 4.69) is 0 Å². The fourth-order valence-electron chi connectivity index (χ4n) is 3.16. The molecule has 0 aliphatic heterocycles. The number of halogens is 1. The maximum Gasteiger partial charge on any atom is 0.336 e. The largest absolute Gasteiger partial charge is 0.478 e. The highest BCUT2D eigenvalue weighted by Crippen LogP contribution is 2.32. The number of thioether (sulfide) groups is 1. The lowest BCUT2D eigenvalue weighted by atomic mass is 10.1. The number of aromatic carboxylic acids is 1. The summed E-state index contributed by atoms with van der Waals surface area (Å²) in [5.74, 6) is -0.197. The van der Waals surface area contributed by atoms with Crippen molar-refractivity contribution in [2.45, 2.75) is 17.8 Å². The van der Waals surface area contributed by atoms with Gasteiger partial charge in [0.25, 0.3) is 0 Å². The first kappa shape index (κ1) is 18.6. The standard InChI is InChI=1S/C22H17ClN2O2S/c1-14-17(21(26)27)5-4-8-19(14)25-20-7-3-2-6-18(20)24-22(25)28-13-15-9-11-16(23)12-10-15/h2-12H,13H2,1H3,(H,26,27). The molecule has 140 valence electrons. The number of nitrogens with zero attached hydrogens (tertiary/aromatic N) is 2. The summed E-state index contributed by atoms with van der Waals surface area (Å²) in [6.07, 6.45) is 0. The molecule has 28 heavy (non-hydrogen) atoms. The zero-order valence-electron chi connectivity index (χ0n) is 15.1. The average molecular weight is 409 g/mol. The number of rotatable bonds is 5. The van der Waals surface area contributed by atoms with Crippen LogP contribution in [-0.4, -0.2) is 20.6 Å². The van der Waals surface area contributed by atoms with E-state index >= 15 is 0 Å². The van der Waals surface area contributed by atoms with Gasteiger partial charge < -0.3 is 5.11 Å². The number of aromatic nitrogens is 2. The Labute approximate surface area is 171 Å². The van der Waals surface area contributed by atoms with E-state index in [-0.39, 0.29) is 0 Å². The molecule has 0 unspecified atom stereocenters. The number of fused-ring (bicyclic) bond motifs is 1. The zero-order chi connectivity index (χ0) is 19.7. The van der Waals surface area contributed by atoms with Gasteiger partial charge in [-0.15, -0.1) is 0 Å². The predicted molar refractivity (Wildman–Crippen MR) is 114 cm³/mol. The van der Waals surface area contributed by atoms with Gasteiger partial charge in [0.15, 0.2) is 5.16 Å². The highest BCUT2D eigenvalue weighted by Gasteiger charge is 2.17. The van der Waals surface area contributed by atoms with Gasteiger partial charge >= 0.3 is 5.97 Å². The molecule has 0 aliphatic rings. The van der Waals surface area contributed by atoms with Gasteiger partial charge in [-0.05, 0) is 54.4 Å². The minimum absolute atomic E-state index is 0.295. The second kappa shape index (κ2) is 7.70.